The van der Waals surface area contributed by atoms with Crippen molar-refractivity contribution in [2.24, 2.45) is 0 Å². The first-order chi connectivity index (χ1) is 27.3. The van der Waals surface area contributed by atoms with Crippen LogP contribution in [0, 0.1) is 0 Å². The van der Waals surface area contributed by atoms with Crippen LogP contribution in [0.1, 0.15) is 0 Å². The molecule has 0 saturated carbocycles. The van der Waals surface area contributed by atoms with Gasteiger partial charge in [-0.05, 0) is 67.2 Å². The summed E-state index contributed by atoms with van der Waals surface area (Å²) in [6.07, 6.45) is 0. The van der Waals surface area contributed by atoms with Gasteiger partial charge in [0.15, 0.2) is 17.5 Å². The quantitative estimate of drug-likeness (QED) is 0.168. The van der Waals surface area contributed by atoms with Crippen LogP contribution in [0.5, 0.6) is 0 Å². The van der Waals surface area contributed by atoms with Gasteiger partial charge in [0.1, 0.15) is 11.2 Å². The maximum atomic E-state index is 6.32. The van der Waals surface area contributed by atoms with Crippen LogP contribution in [0.15, 0.2) is 192 Å². The van der Waals surface area contributed by atoms with Crippen molar-refractivity contribution in [2.45, 2.75) is 0 Å². The number of furan rings is 1. The summed E-state index contributed by atoms with van der Waals surface area (Å²) in [5, 5.41) is 9.26. The Balaban J connectivity index is 1.13. The molecular weight excluding hydrogens is 671 g/mol. The Kier molecular flexibility index (Phi) is 7.14. The molecule has 11 aromatic rings. The van der Waals surface area contributed by atoms with Crippen LogP contribution in [-0.2, 0) is 0 Å². The number of aromatic nitrogens is 3. The van der Waals surface area contributed by atoms with Crippen LogP contribution in [0.2, 0.25) is 0 Å². The van der Waals surface area contributed by atoms with Gasteiger partial charge in [-0.3, -0.25) is 0 Å². The second-order valence-corrected chi connectivity index (χ2v) is 13.9. The smallest absolute Gasteiger partial charge is 0.165 e. The molecule has 0 aliphatic rings. The number of benzene rings is 9. The fourth-order valence-corrected chi connectivity index (χ4v) is 8.15. The van der Waals surface area contributed by atoms with E-state index in [4.69, 9.17) is 19.4 Å². The Morgan fingerprint density at radius 3 is 1.44 bits per heavy atom. The Labute approximate surface area is 317 Å². The highest BCUT2D eigenvalue weighted by Crippen LogP contribution is 2.45. The molecule has 55 heavy (non-hydrogen) atoms. The van der Waals surface area contributed by atoms with Crippen LogP contribution < -0.4 is 0 Å². The maximum absolute atomic E-state index is 6.32. The van der Waals surface area contributed by atoms with Crippen LogP contribution in [0.4, 0.5) is 0 Å². The van der Waals surface area contributed by atoms with E-state index in [0.29, 0.717) is 17.5 Å². The van der Waals surface area contributed by atoms with E-state index in [1.54, 1.807) is 0 Å². The van der Waals surface area contributed by atoms with E-state index >= 15 is 0 Å². The molecule has 2 heterocycles. The van der Waals surface area contributed by atoms with Crippen molar-refractivity contribution in [3.05, 3.63) is 188 Å². The van der Waals surface area contributed by atoms with Crippen molar-refractivity contribution in [3.63, 3.8) is 0 Å². The molecule has 256 valence electrons. The van der Waals surface area contributed by atoms with Crippen LogP contribution in [0.25, 0.3) is 111 Å². The summed E-state index contributed by atoms with van der Waals surface area (Å²) >= 11 is 0. The lowest BCUT2D eigenvalue weighted by Gasteiger charge is -2.18. The third kappa shape index (κ3) is 5.19. The molecule has 9 aromatic carbocycles. The molecule has 0 bridgehead atoms. The lowest BCUT2D eigenvalue weighted by atomic mass is 9.87. The normalized spacial score (nSPS) is 11.6. The van der Waals surface area contributed by atoms with Crippen molar-refractivity contribution >= 4 is 54.3 Å². The maximum Gasteiger partial charge on any atom is 0.165 e. The zero-order valence-corrected chi connectivity index (χ0v) is 29.6. The van der Waals surface area contributed by atoms with Gasteiger partial charge in [-0.15, -0.1) is 0 Å². The largest absolute Gasteiger partial charge is 0.456 e. The molecular formula is C51H31N3O. The predicted molar refractivity (Wildman–Crippen MR) is 227 cm³/mol. The van der Waals surface area contributed by atoms with Crippen molar-refractivity contribution in [1.82, 2.24) is 15.0 Å². The molecule has 0 aliphatic carbocycles. The third-order valence-corrected chi connectivity index (χ3v) is 10.7. The molecule has 0 aliphatic heterocycles. The lowest BCUT2D eigenvalue weighted by Crippen LogP contribution is -2.02. The zero-order valence-electron chi connectivity index (χ0n) is 29.6. The number of hydrogen-bond donors (Lipinski definition) is 0. The van der Waals surface area contributed by atoms with Gasteiger partial charge < -0.3 is 4.42 Å². The van der Waals surface area contributed by atoms with Crippen molar-refractivity contribution in [2.75, 3.05) is 0 Å². The number of rotatable bonds is 5. The Bertz CT molecular complexity index is 3180. The first kappa shape index (κ1) is 31.1. The molecule has 0 unspecified atom stereocenters. The highest BCUT2D eigenvalue weighted by Gasteiger charge is 2.22. The number of hydrogen-bond acceptors (Lipinski definition) is 4. The molecule has 0 atom stereocenters. The second kappa shape index (κ2) is 12.6. The predicted octanol–water partition coefficient (Wildman–Crippen LogP) is 13.6. The van der Waals surface area contributed by atoms with Gasteiger partial charge in [0, 0.05) is 33.0 Å². The lowest BCUT2D eigenvalue weighted by molar-refractivity contribution is 0.669. The molecule has 0 saturated heterocycles. The van der Waals surface area contributed by atoms with E-state index in [2.05, 4.69) is 152 Å². The fraction of sp³-hybridized carbons (Fsp3) is 0. The van der Waals surface area contributed by atoms with Gasteiger partial charge in [0.05, 0.1) is 0 Å². The summed E-state index contributed by atoms with van der Waals surface area (Å²) in [6, 6.07) is 65.7. The van der Waals surface area contributed by atoms with E-state index in [0.717, 1.165) is 77.0 Å². The van der Waals surface area contributed by atoms with Gasteiger partial charge in [-0.25, -0.2) is 15.0 Å². The minimum atomic E-state index is 0.637. The molecule has 0 radical (unpaired) electrons. The van der Waals surface area contributed by atoms with Gasteiger partial charge in [-0.2, -0.15) is 0 Å². The SMILES string of the molecule is c1ccc(-c2nc(-c3ccccc3)nc(-c3c(-c4ccc(-c5ccc6oc7ccc8ccccc8c7c6c5)cc4)c4ccccc4c4ccccc34)n2)cc1. The topological polar surface area (TPSA) is 51.8 Å². The summed E-state index contributed by atoms with van der Waals surface area (Å²) in [6.45, 7) is 0. The molecule has 11 rings (SSSR count). The van der Waals surface area contributed by atoms with Gasteiger partial charge in [0.2, 0.25) is 0 Å². The summed E-state index contributed by atoms with van der Waals surface area (Å²) < 4.78 is 6.32. The van der Waals surface area contributed by atoms with Crippen molar-refractivity contribution < 1.29 is 4.42 Å². The van der Waals surface area contributed by atoms with Crippen LogP contribution >= 0.6 is 0 Å². The average Bonchev–Trinajstić information content (AvgIpc) is 3.65. The summed E-state index contributed by atoms with van der Waals surface area (Å²) in [5.74, 6) is 1.91. The molecule has 2 aromatic heterocycles. The van der Waals surface area contributed by atoms with Crippen LogP contribution in [-0.4, -0.2) is 15.0 Å². The molecule has 4 nitrogen and oxygen atoms in total. The van der Waals surface area contributed by atoms with Crippen LogP contribution in [0.3, 0.4) is 0 Å². The summed E-state index contributed by atoms with van der Waals surface area (Å²) in [7, 11) is 0. The van der Waals surface area contributed by atoms with Crippen molar-refractivity contribution in [1.29, 1.82) is 0 Å². The highest BCUT2D eigenvalue weighted by molar-refractivity contribution is 6.21. The van der Waals surface area contributed by atoms with E-state index < -0.39 is 0 Å². The van der Waals surface area contributed by atoms with E-state index in [-0.39, 0.29) is 0 Å². The summed E-state index contributed by atoms with van der Waals surface area (Å²) in [4.78, 5) is 15.5. The average molecular weight is 702 g/mol. The monoisotopic (exact) mass is 701 g/mol. The summed E-state index contributed by atoms with van der Waals surface area (Å²) in [5.41, 5.74) is 9.10. The van der Waals surface area contributed by atoms with Crippen molar-refractivity contribution in [3.8, 4) is 56.4 Å². The fourth-order valence-electron chi connectivity index (χ4n) is 8.15. The van der Waals surface area contributed by atoms with E-state index in [1.807, 2.05) is 36.4 Å². The number of fused-ring (bicyclic) bond motifs is 8. The Morgan fingerprint density at radius 2 is 0.782 bits per heavy atom. The minimum absolute atomic E-state index is 0.637. The minimum Gasteiger partial charge on any atom is -0.456 e. The highest BCUT2D eigenvalue weighted by atomic mass is 16.3. The van der Waals surface area contributed by atoms with E-state index in [9.17, 15) is 0 Å². The molecule has 0 amide bonds. The van der Waals surface area contributed by atoms with E-state index in [1.165, 1.54) is 16.2 Å². The molecule has 0 fully saturated rings. The Hall–Kier alpha value is -7.43. The first-order valence-corrected chi connectivity index (χ1v) is 18.5. The second-order valence-electron chi connectivity index (χ2n) is 13.9. The molecule has 0 spiro atoms. The first-order valence-electron chi connectivity index (χ1n) is 18.5. The standard InChI is InChI=1S/C51H31N3O/c1-3-14-35(15-4-1)49-52-50(36-16-5-2-6-17-36)54-51(53-49)48-42-22-12-10-20-40(42)39-19-9-11-21-41(39)46(48)34-25-23-32(24-26-34)37-28-29-44-43(31-37)47-38-18-8-7-13-33(38)27-30-45(47)55-44/h1-31H. The Morgan fingerprint density at radius 1 is 0.291 bits per heavy atom. The van der Waals surface area contributed by atoms with Gasteiger partial charge >= 0.3 is 0 Å². The zero-order chi connectivity index (χ0) is 36.3. The molecule has 4 heteroatoms. The number of nitrogens with zero attached hydrogens (tertiary/aromatic N) is 3. The van der Waals surface area contributed by atoms with Gasteiger partial charge in [-0.1, -0.05) is 170 Å². The third-order valence-electron chi connectivity index (χ3n) is 10.7. The van der Waals surface area contributed by atoms with Gasteiger partial charge in [0.25, 0.3) is 0 Å². The molecule has 0 N–H and O–H groups in total.